The number of fused-ring (bicyclic) bond motifs is 6. The van der Waals surface area contributed by atoms with Gasteiger partial charge in [-0.15, -0.1) is 10.2 Å². The molecule has 1 aromatic heterocycles. The molecule has 0 spiro atoms. The first-order chi connectivity index (χ1) is 23.6. The van der Waals surface area contributed by atoms with Crippen molar-refractivity contribution >= 4 is 23.8 Å². The molecule has 1 aromatic rings. The van der Waals surface area contributed by atoms with E-state index in [-0.39, 0.29) is 64.4 Å². The number of ketones is 1. The Morgan fingerprint density at radius 1 is 1.04 bits per heavy atom. The van der Waals surface area contributed by atoms with Crippen molar-refractivity contribution in [3.8, 4) is 0 Å². The van der Waals surface area contributed by atoms with Crippen LogP contribution in [0.1, 0.15) is 132 Å². The fourth-order valence-electron chi connectivity index (χ4n) is 12.4. The Kier molecular flexibility index (Phi) is 9.14. The van der Waals surface area contributed by atoms with Crippen molar-refractivity contribution in [1.29, 1.82) is 0 Å². The van der Waals surface area contributed by atoms with Crippen LogP contribution in [0.2, 0.25) is 0 Å². The van der Waals surface area contributed by atoms with Crippen LogP contribution in [0.3, 0.4) is 0 Å². The van der Waals surface area contributed by atoms with E-state index in [0.29, 0.717) is 24.1 Å². The van der Waals surface area contributed by atoms with E-state index in [0.717, 1.165) is 51.4 Å². The molecule has 51 heavy (non-hydrogen) atoms. The number of aliphatic carboxylic acids is 1. The molecule has 0 aromatic carbocycles. The monoisotopic (exact) mass is 707 g/mol. The molecule has 4 saturated carbocycles. The number of carbonyl (C=O) groups is 4. The van der Waals surface area contributed by atoms with Crippen LogP contribution in [0, 0.1) is 50.7 Å². The molecule has 0 radical (unpaired) electrons. The average Bonchev–Trinajstić information content (AvgIpc) is 3.56. The van der Waals surface area contributed by atoms with E-state index in [9.17, 15) is 24.3 Å². The second-order valence-electron chi connectivity index (χ2n) is 19.1. The van der Waals surface area contributed by atoms with E-state index in [1.54, 1.807) is 24.7 Å². The van der Waals surface area contributed by atoms with Gasteiger partial charge in [-0.3, -0.25) is 14.4 Å². The molecule has 2 amide bonds. The number of ether oxygens (including phenoxy) is 1. The molecule has 282 valence electrons. The minimum absolute atomic E-state index is 0.00325. The number of esters is 1. The molecular formula is C40H61N5O6. The molecule has 0 aliphatic heterocycles. The number of carboxylic acid groups (broad SMARTS) is 1. The largest absolute Gasteiger partial charge is 0.481 e. The number of nitrogens with zero attached hydrogens (tertiary/aromatic N) is 3. The van der Waals surface area contributed by atoms with Crippen molar-refractivity contribution in [3.63, 3.8) is 0 Å². The van der Waals surface area contributed by atoms with Crippen LogP contribution in [0.5, 0.6) is 0 Å². The third-order valence-electron chi connectivity index (χ3n) is 15.3. The number of hydrogen-bond donors (Lipinski definition) is 3. The predicted octanol–water partition coefficient (Wildman–Crippen LogP) is 6.76. The average molecular weight is 708 g/mol. The van der Waals surface area contributed by atoms with Crippen LogP contribution in [0.4, 0.5) is 4.79 Å². The van der Waals surface area contributed by atoms with Gasteiger partial charge in [-0.05, 0) is 105 Å². The minimum Gasteiger partial charge on any atom is -0.481 e. The lowest BCUT2D eigenvalue weighted by Crippen LogP contribution is -2.65. The molecule has 1 unspecified atom stereocenters. The van der Waals surface area contributed by atoms with Gasteiger partial charge in [0.2, 0.25) is 0 Å². The van der Waals surface area contributed by atoms with Gasteiger partial charge in [-0.25, -0.2) is 4.79 Å². The molecule has 1 heterocycles. The van der Waals surface area contributed by atoms with Gasteiger partial charge in [-0.2, -0.15) is 0 Å². The topological polar surface area (TPSA) is 153 Å². The molecule has 0 saturated heterocycles. The maximum Gasteiger partial charge on any atom is 0.315 e. The van der Waals surface area contributed by atoms with Crippen molar-refractivity contribution in [1.82, 2.24) is 25.4 Å². The van der Waals surface area contributed by atoms with E-state index in [1.807, 2.05) is 7.05 Å². The maximum atomic E-state index is 13.9. The van der Waals surface area contributed by atoms with Crippen LogP contribution in [0.15, 0.2) is 17.5 Å². The standard InChI is InChI=1S/C40H61N5O6/c1-23(2)31-25(46)19-40(43-34(50)41-21-29-44-42-22-45(29)10)18-17-38(8)24(32(31)40)11-12-27-37(7)15-14-28(51-30(47)20-35(3,4)33(48)49)36(5,6)26(37)13-16-39(27,38)9/h22-23,26-28,31H,11-21H2,1-10H3,(H,48,49)(H2,41,43,50)/t26-,27+,28-,31?,37-,38+,39+,40+/m0/s1. The summed E-state index contributed by atoms with van der Waals surface area (Å²) in [6.07, 6.45) is 8.89. The number of hydrogen-bond acceptors (Lipinski definition) is 7. The highest BCUT2D eigenvalue weighted by Gasteiger charge is 2.69. The number of nitrogens with one attached hydrogen (secondary N) is 2. The SMILES string of the molecule is CC(C)C1C(=O)C[C@]2(NC(=O)NCc3nncn3C)CC[C@]3(C)C(=C12)CC[C@@H]1[C@@]2(C)CC[C@H](OC(=O)CC(C)(C)C(=O)O)C(C)(C)[C@@H]2CC[C@]13C. The van der Waals surface area contributed by atoms with Crippen molar-refractivity contribution in [2.75, 3.05) is 0 Å². The van der Waals surface area contributed by atoms with E-state index in [1.165, 1.54) is 11.1 Å². The zero-order valence-corrected chi connectivity index (χ0v) is 32.6. The second kappa shape index (κ2) is 12.4. The predicted molar refractivity (Wildman–Crippen MR) is 192 cm³/mol. The number of aryl methyl sites for hydroxylation is 1. The zero-order valence-electron chi connectivity index (χ0n) is 32.6. The molecule has 6 rings (SSSR count). The van der Waals surface area contributed by atoms with E-state index >= 15 is 0 Å². The lowest BCUT2D eigenvalue weighted by atomic mass is 9.34. The van der Waals surface area contributed by atoms with E-state index < -0.39 is 22.9 Å². The normalized spacial score (nSPS) is 37.2. The Bertz CT molecular complexity index is 1640. The minimum atomic E-state index is -1.17. The van der Waals surface area contributed by atoms with Gasteiger partial charge in [0.05, 0.1) is 23.9 Å². The highest BCUT2D eigenvalue weighted by Crippen LogP contribution is 2.75. The summed E-state index contributed by atoms with van der Waals surface area (Å²) in [6.45, 7) is 19.6. The zero-order chi connectivity index (χ0) is 37.5. The molecular weight excluding hydrogens is 646 g/mol. The summed E-state index contributed by atoms with van der Waals surface area (Å²) in [7, 11) is 1.85. The Labute approximate surface area is 303 Å². The summed E-state index contributed by atoms with van der Waals surface area (Å²) in [5, 5.41) is 24.0. The maximum absolute atomic E-state index is 13.9. The van der Waals surface area contributed by atoms with Crippen LogP contribution in [-0.2, 0) is 32.7 Å². The number of urea groups is 1. The van der Waals surface area contributed by atoms with Crippen molar-refractivity contribution in [3.05, 3.63) is 23.3 Å². The Hall–Kier alpha value is -3.24. The Balaban J connectivity index is 1.29. The second-order valence-corrected chi connectivity index (χ2v) is 19.1. The molecule has 11 heteroatoms. The van der Waals surface area contributed by atoms with E-state index in [4.69, 9.17) is 4.74 Å². The molecule has 11 nitrogen and oxygen atoms in total. The summed E-state index contributed by atoms with van der Waals surface area (Å²) in [4.78, 5) is 52.3. The third-order valence-corrected chi connectivity index (χ3v) is 15.3. The molecule has 5 aliphatic carbocycles. The highest BCUT2D eigenvalue weighted by atomic mass is 16.5. The lowest BCUT2D eigenvalue weighted by Gasteiger charge is -2.70. The first-order valence-electron chi connectivity index (χ1n) is 19.2. The smallest absolute Gasteiger partial charge is 0.315 e. The number of carboxylic acids is 1. The van der Waals surface area contributed by atoms with Crippen LogP contribution in [0.25, 0.3) is 0 Å². The Morgan fingerprint density at radius 2 is 1.75 bits per heavy atom. The first kappa shape index (κ1) is 37.5. The van der Waals surface area contributed by atoms with Crippen molar-refractivity contribution < 1.29 is 29.0 Å². The van der Waals surface area contributed by atoms with E-state index in [2.05, 4.69) is 69.3 Å². The van der Waals surface area contributed by atoms with Gasteiger partial charge in [0, 0.05) is 24.8 Å². The fourth-order valence-corrected chi connectivity index (χ4v) is 12.4. The molecule has 3 N–H and O–H groups in total. The molecule has 4 fully saturated rings. The number of aromatic nitrogens is 3. The number of Topliss-reactive ketones (excluding diaryl/α,β-unsaturated/α-hetero) is 1. The summed E-state index contributed by atoms with van der Waals surface area (Å²) in [5.41, 5.74) is 0.398. The lowest BCUT2D eigenvalue weighted by molar-refractivity contribution is -0.214. The van der Waals surface area contributed by atoms with Crippen LogP contribution >= 0.6 is 0 Å². The van der Waals surface area contributed by atoms with Crippen LogP contribution in [-0.4, -0.2) is 55.3 Å². The number of rotatable bonds is 8. The summed E-state index contributed by atoms with van der Waals surface area (Å²) >= 11 is 0. The van der Waals surface area contributed by atoms with Crippen molar-refractivity contribution in [2.45, 2.75) is 145 Å². The van der Waals surface area contributed by atoms with Crippen molar-refractivity contribution in [2.24, 2.45) is 57.8 Å². The molecule has 8 atom stereocenters. The number of carbonyl (C=O) groups excluding carboxylic acids is 3. The fraction of sp³-hybridized carbons (Fsp3) is 0.800. The van der Waals surface area contributed by atoms with Gasteiger partial charge < -0.3 is 25.0 Å². The number of allylic oxidation sites excluding steroid dienone is 1. The van der Waals surface area contributed by atoms with Crippen LogP contribution < -0.4 is 10.6 Å². The van der Waals surface area contributed by atoms with Gasteiger partial charge in [0.1, 0.15) is 18.2 Å². The van der Waals surface area contributed by atoms with Gasteiger partial charge >= 0.3 is 18.0 Å². The first-order valence-corrected chi connectivity index (χ1v) is 19.2. The third kappa shape index (κ3) is 5.74. The number of amides is 2. The summed E-state index contributed by atoms with van der Waals surface area (Å²) < 4.78 is 7.92. The highest BCUT2D eigenvalue weighted by molar-refractivity contribution is 5.92. The summed E-state index contributed by atoms with van der Waals surface area (Å²) in [5.74, 6) is 0.178. The molecule has 0 bridgehead atoms. The summed E-state index contributed by atoms with van der Waals surface area (Å²) in [6, 6.07) is -0.281. The van der Waals surface area contributed by atoms with Gasteiger partial charge in [0.15, 0.2) is 5.82 Å². The Morgan fingerprint density at radius 3 is 2.37 bits per heavy atom. The van der Waals surface area contributed by atoms with Gasteiger partial charge in [0.25, 0.3) is 0 Å². The molecule has 5 aliphatic rings. The quantitative estimate of drug-likeness (QED) is 0.198. The van der Waals surface area contributed by atoms with Gasteiger partial charge in [-0.1, -0.05) is 54.0 Å².